The number of carbonyl (C=O) groups excluding carboxylic acids is 1. The molecular weight excluding hydrogens is 252 g/mol. The molecule has 0 aliphatic heterocycles. The summed E-state index contributed by atoms with van der Waals surface area (Å²) in [5, 5.41) is 24.1. The SMILES string of the molecule is CNCCCNC(=O)NCCn1cc(C(=O)O)nn1. The lowest BCUT2D eigenvalue weighted by Crippen LogP contribution is -2.38. The molecule has 19 heavy (non-hydrogen) atoms. The maximum atomic E-state index is 11.3. The first kappa shape index (κ1) is 14.9. The van der Waals surface area contributed by atoms with Gasteiger partial charge in [-0.3, -0.25) is 0 Å². The molecule has 1 aromatic heterocycles. The molecule has 0 unspecified atom stereocenters. The Bertz CT molecular complexity index is 419. The number of carboxylic acid groups (broad SMARTS) is 1. The van der Waals surface area contributed by atoms with Crippen LogP contribution in [0.4, 0.5) is 4.79 Å². The fourth-order valence-electron chi connectivity index (χ4n) is 1.32. The van der Waals surface area contributed by atoms with Crippen LogP contribution in [0.2, 0.25) is 0 Å². The van der Waals surface area contributed by atoms with E-state index in [2.05, 4.69) is 26.3 Å². The number of rotatable bonds is 8. The molecular formula is C10H18N6O3. The lowest BCUT2D eigenvalue weighted by molar-refractivity contribution is 0.0690. The highest BCUT2D eigenvalue weighted by Crippen LogP contribution is 1.91. The third kappa shape index (κ3) is 5.82. The quantitative estimate of drug-likeness (QED) is 0.444. The lowest BCUT2D eigenvalue weighted by Gasteiger charge is -2.07. The molecule has 0 bridgehead atoms. The van der Waals surface area contributed by atoms with Crippen LogP contribution >= 0.6 is 0 Å². The number of aromatic carboxylic acids is 1. The molecule has 0 fully saturated rings. The number of hydrogen-bond donors (Lipinski definition) is 4. The zero-order valence-electron chi connectivity index (χ0n) is 10.7. The smallest absolute Gasteiger partial charge is 0.358 e. The maximum absolute atomic E-state index is 11.3. The summed E-state index contributed by atoms with van der Waals surface area (Å²) < 4.78 is 1.37. The van der Waals surface area contributed by atoms with Gasteiger partial charge in [0.25, 0.3) is 0 Å². The van der Waals surface area contributed by atoms with Crippen molar-refractivity contribution in [3.63, 3.8) is 0 Å². The van der Waals surface area contributed by atoms with Crippen molar-refractivity contribution in [2.24, 2.45) is 0 Å². The van der Waals surface area contributed by atoms with Gasteiger partial charge < -0.3 is 21.1 Å². The van der Waals surface area contributed by atoms with Crippen LogP contribution < -0.4 is 16.0 Å². The van der Waals surface area contributed by atoms with Gasteiger partial charge in [0.05, 0.1) is 12.7 Å². The molecule has 9 heteroatoms. The lowest BCUT2D eigenvalue weighted by atomic mass is 10.4. The van der Waals surface area contributed by atoms with Crippen molar-refractivity contribution in [3.05, 3.63) is 11.9 Å². The summed E-state index contributed by atoms with van der Waals surface area (Å²) in [5.41, 5.74) is -0.114. The van der Waals surface area contributed by atoms with Gasteiger partial charge in [-0.2, -0.15) is 0 Å². The van der Waals surface area contributed by atoms with Crippen molar-refractivity contribution in [3.8, 4) is 0 Å². The first-order valence-corrected chi connectivity index (χ1v) is 5.93. The minimum atomic E-state index is -1.12. The van der Waals surface area contributed by atoms with E-state index in [9.17, 15) is 9.59 Å². The summed E-state index contributed by atoms with van der Waals surface area (Å²) in [6.45, 7) is 2.15. The van der Waals surface area contributed by atoms with Crippen molar-refractivity contribution >= 4 is 12.0 Å². The maximum Gasteiger partial charge on any atom is 0.358 e. The number of nitrogens with zero attached hydrogens (tertiary/aromatic N) is 3. The van der Waals surface area contributed by atoms with Crippen molar-refractivity contribution in [2.75, 3.05) is 26.7 Å². The molecule has 0 atom stereocenters. The topological polar surface area (TPSA) is 121 Å². The second kappa shape index (κ2) is 8.03. The van der Waals surface area contributed by atoms with Crippen LogP contribution in [0.25, 0.3) is 0 Å². The van der Waals surface area contributed by atoms with Crippen LogP contribution in [0, 0.1) is 0 Å². The van der Waals surface area contributed by atoms with Crippen molar-refractivity contribution in [2.45, 2.75) is 13.0 Å². The zero-order valence-corrected chi connectivity index (χ0v) is 10.7. The minimum Gasteiger partial charge on any atom is -0.476 e. The number of amides is 2. The van der Waals surface area contributed by atoms with Gasteiger partial charge in [-0.15, -0.1) is 5.10 Å². The van der Waals surface area contributed by atoms with Crippen LogP contribution in [0.15, 0.2) is 6.20 Å². The normalized spacial score (nSPS) is 10.2. The molecule has 0 aliphatic rings. The molecule has 1 aromatic rings. The summed E-state index contributed by atoms with van der Waals surface area (Å²) in [6, 6.07) is -0.255. The van der Waals surface area contributed by atoms with E-state index in [4.69, 9.17) is 5.11 Å². The summed E-state index contributed by atoms with van der Waals surface area (Å²) in [6.07, 6.45) is 2.17. The molecule has 2 amide bonds. The van der Waals surface area contributed by atoms with Crippen LogP contribution in [-0.4, -0.2) is 58.8 Å². The van der Waals surface area contributed by atoms with Crippen LogP contribution in [-0.2, 0) is 6.54 Å². The molecule has 0 aromatic carbocycles. The standard InChI is InChI=1S/C10H18N6O3/c1-11-3-2-4-12-10(19)13-5-6-16-7-8(9(17)18)14-15-16/h7,11H,2-6H2,1H3,(H,17,18)(H2,12,13,19). The third-order valence-electron chi connectivity index (χ3n) is 2.27. The average Bonchev–Trinajstić information content (AvgIpc) is 2.84. The Hall–Kier alpha value is -2.16. The van der Waals surface area contributed by atoms with E-state index in [1.807, 2.05) is 7.05 Å². The summed E-state index contributed by atoms with van der Waals surface area (Å²) in [5.74, 6) is -1.12. The van der Waals surface area contributed by atoms with Gasteiger partial charge in [0.1, 0.15) is 0 Å². The molecule has 9 nitrogen and oxygen atoms in total. The number of aromatic nitrogens is 3. The molecule has 0 saturated carbocycles. The van der Waals surface area contributed by atoms with E-state index in [1.54, 1.807) is 0 Å². The van der Waals surface area contributed by atoms with E-state index < -0.39 is 5.97 Å². The minimum absolute atomic E-state index is 0.114. The van der Waals surface area contributed by atoms with Gasteiger partial charge in [0, 0.05) is 13.1 Å². The fourth-order valence-corrected chi connectivity index (χ4v) is 1.32. The molecule has 0 saturated heterocycles. The van der Waals surface area contributed by atoms with E-state index >= 15 is 0 Å². The summed E-state index contributed by atoms with van der Waals surface area (Å²) in [7, 11) is 1.85. The van der Waals surface area contributed by atoms with E-state index in [-0.39, 0.29) is 11.7 Å². The van der Waals surface area contributed by atoms with E-state index in [0.717, 1.165) is 13.0 Å². The Morgan fingerprint density at radius 1 is 1.32 bits per heavy atom. The number of urea groups is 1. The Kier molecular flexibility index (Phi) is 6.30. The Balaban J connectivity index is 2.15. The second-order valence-corrected chi connectivity index (χ2v) is 3.81. The first-order chi connectivity index (χ1) is 9.13. The molecule has 106 valence electrons. The number of nitrogens with one attached hydrogen (secondary N) is 3. The zero-order chi connectivity index (χ0) is 14.1. The highest BCUT2D eigenvalue weighted by molar-refractivity contribution is 5.84. The van der Waals surface area contributed by atoms with Crippen molar-refractivity contribution in [1.82, 2.24) is 30.9 Å². The number of carbonyl (C=O) groups is 2. The Morgan fingerprint density at radius 3 is 2.68 bits per heavy atom. The van der Waals surface area contributed by atoms with Gasteiger partial charge in [-0.1, -0.05) is 5.21 Å². The number of hydrogen-bond acceptors (Lipinski definition) is 5. The number of carboxylic acids is 1. The Morgan fingerprint density at radius 2 is 2.05 bits per heavy atom. The third-order valence-corrected chi connectivity index (χ3v) is 2.27. The average molecular weight is 270 g/mol. The summed E-state index contributed by atoms with van der Waals surface area (Å²) >= 11 is 0. The van der Waals surface area contributed by atoms with Gasteiger partial charge in [-0.05, 0) is 20.0 Å². The van der Waals surface area contributed by atoms with Gasteiger partial charge in [-0.25, -0.2) is 14.3 Å². The Labute approximate surface area is 110 Å². The molecule has 0 aliphatic carbocycles. The molecule has 1 heterocycles. The predicted molar refractivity (Wildman–Crippen MR) is 66.9 cm³/mol. The molecule has 0 spiro atoms. The summed E-state index contributed by atoms with van der Waals surface area (Å²) in [4.78, 5) is 21.9. The van der Waals surface area contributed by atoms with Gasteiger partial charge in [0.2, 0.25) is 0 Å². The first-order valence-electron chi connectivity index (χ1n) is 5.93. The van der Waals surface area contributed by atoms with E-state index in [1.165, 1.54) is 10.9 Å². The monoisotopic (exact) mass is 270 g/mol. The van der Waals surface area contributed by atoms with Crippen LogP contribution in [0.5, 0.6) is 0 Å². The van der Waals surface area contributed by atoms with Crippen molar-refractivity contribution < 1.29 is 14.7 Å². The highest BCUT2D eigenvalue weighted by Gasteiger charge is 2.07. The van der Waals surface area contributed by atoms with E-state index in [0.29, 0.717) is 19.6 Å². The van der Waals surface area contributed by atoms with Gasteiger partial charge in [0.15, 0.2) is 5.69 Å². The fraction of sp³-hybridized carbons (Fsp3) is 0.600. The second-order valence-electron chi connectivity index (χ2n) is 3.81. The van der Waals surface area contributed by atoms with Crippen LogP contribution in [0.1, 0.15) is 16.9 Å². The highest BCUT2D eigenvalue weighted by atomic mass is 16.4. The van der Waals surface area contributed by atoms with Gasteiger partial charge >= 0.3 is 12.0 Å². The molecule has 0 radical (unpaired) electrons. The largest absolute Gasteiger partial charge is 0.476 e. The molecule has 1 rings (SSSR count). The predicted octanol–water partition coefficient (Wildman–Crippen LogP) is -1.11. The van der Waals surface area contributed by atoms with Crippen LogP contribution in [0.3, 0.4) is 0 Å². The molecule has 4 N–H and O–H groups in total. The van der Waals surface area contributed by atoms with Crippen molar-refractivity contribution in [1.29, 1.82) is 0 Å².